The quantitative estimate of drug-likeness (QED) is 0.607. The van der Waals surface area contributed by atoms with E-state index < -0.39 is 17.9 Å². The van der Waals surface area contributed by atoms with Crippen LogP contribution in [0.25, 0.3) is 0 Å². The number of benzene rings is 3. The van der Waals surface area contributed by atoms with Gasteiger partial charge < -0.3 is 15.8 Å². The van der Waals surface area contributed by atoms with Crippen LogP contribution in [0.5, 0.6) is 5.75 Å². The Balaban J connectivity index is 1.59. The van der Waals surface area contributed by atoms with Crippen molar-refractivity contribution in [2.24, 2.45) is 5.73 Å². The number of nitrogens with zero attached hydrogens (tertiary/aromatic N) is 1. The van der Waals surface area contributed by atoms with Gasteiger partial charge in [0.25, 0.3) is 5.91 Å². The molecule has 6 nitrogen and oxygen atoms in total. The highest BCUT2D eigenvalue weighted by Crippen LogP contribution is 2.15. The number of hydrogen-bond acceptors (Lipinski definition) is 4. The van der Waals surface area contributed by atoms with Gasteiger partial charge in [-0.05, 0) is 47.5 Å². The lowest BCUT2D eigenvalue weighted by atomic mass is 10.0. The number of primary amides is 1. The lowest BCUT2D eigenvalue weighted by Gasteiger charge is -2.16. The highest BCUT2D eigenvalue weighted by atomic mass is 16.5. The van der Waals surface area contributed by atoms with Crippen molar-refractivity contribution in [2.75, 3.05) is 0 Å². The van der Waals surface area contributed by atoms with Crippen molar-refractivity contribution in [3.63, 3.8) is 0 Å². The number of amides is 2. The Kier molecular flexibility index (Phi) is 6.80. The average molecular weight is 399 g/mol. The first kappa shape index (κ1) is 20.6. The number of nitrogens with two attached hydrogens (primary N) is 1. The maximum atomic E-state index is 12.4. The van der Waals surface area contributed by atoms with E-state index in [4.69, 9.17) is 15.7 Å². The molecule has 30 heavy (non-hydrogen) atoms. The molecule has 3 aromatic carbocycles. The Morgan fingerprint density at radius 1 is 0.933 bits per heavy atom. The van der Waals surface area contributed by atoms with Gasteiger partial charge in [0.15, 0.2) is 0 Å². The second-order valence-corrected chi connectivity index (χ2v) is 6.74. The van der Waals surface area contributed by atoms with Crippen molar-refractivity contribution in [3.8, 4) is 11.8 Å². The molecular formula is C24H21N3O3. The van der Waals surface area contributed by atoms with Gasteiger partial charge in [0, 0.05) is 12.0 Å². The fraction of sp³-hybridized carbons (Fsp3) is 0.125. The van der Waals surface area contributed by atoms with E-state index in [-0.39, 0.29) is 6.42 Å². The van der Waals surface area contributed by atoms with Crippen molar-refractivity contribution in [1.29, 1.82) is 5.26 Å². The molecule has 0 spiro atoms. The van der Waals surface area contributed by atoms with E-state index in [0.717, 1.165) is 11.1 Å². The van der Waals surface area contributed by atoms with Gasteiger partial charge in [-0.25, -0.2) is 0 Å². The van der Waals surface area contributed by atoms with E-state index in [2.05, 4.69) is 5.32 Å². The van der Waals surface area contributed by atoms with Gasteiger partial charge >= 0.3 is 0 Å². The molecule has 0 heterocycles. The van der Waals surface area contributed by atoms with Gasteiger partial charge in [0.05, 0.1) is 11.6 Å². The van der Waals surface area contributed by atoms with Crippen LogP contribution in [0.3, 0.4) is 0 Å². The summed E-state index contributed by atoms with van der Waals surface area (Å²) in [6.45, 7) is 0.463. The number of rotatable bonds is 8. The molecule has 0 fully saturated rings. The van der Waals surface area contributed by atoms with Crippen LogP contribution < -0.4 is 15.8 Å². The van der Waals surface area contributed by atoms with Crippen LogP contribution in [0.2, 0.25) is 0 Å². The van der Waals surface area contributed by atoms with Crippen molar-refractivity contribution in [2.45, 2.75) is 19.1 Å². The summed E-state index contributed by atoms with van der Waals surface area (Å²) in [5, 5.41) is 11.5. The summed E-state index contributed by atoms with van der Waals surface area (Å²) in [7, 11) is 0. The lowest BCUT2D eigenvalue weighted by molar-refractivity contribution is -0.119. The van der Waals surface area contributed by atoms with Crippen LogP contribution >= 0.6 is 0 Å². The lowest BCUT2D eigenvalue weighted by Crippen LogP contribution is -2.45. The standard InChI is InChI=1S/C24H21N3O3/c25-15-18-6-10-20(11-7-18)24(29)27-22(23(26)28)14-17-8-12-21(13-9-17)30-16-19-4-2-1-3-5-19/h1-13,22H,14,16H2,(H2,26,28)(H,27,29)/t22-/m1/s1. The molecule has 0 aromatic heterocycles. The second kappa shape index (κ2) is 9.89. The zero-order valence-corrected chi connectivity index (χ0v) is 16.2. The molecule has 0 aliphatic heterocycles. The zero-order chi connectivity index (χ0) is 21.3. The number of nitriles is 1. The molecule has 3 N–H and O–H groups in total. The number of ether oxygens (including phenoxy) is 1. The van der Waals surface area contributed by atoms with Crippen LogP contribution in [0, 0.1) is 11.3 Å². The summed E-state index contributed by atoms with van der Waals surface area (Å²) >= 11 is 0. The number of carbonyl (C=O) groups excluding carboxylic acids is 2. The van der Waals surface area contributed by atoms with Crippen LogP contribution in [0.1, 0.15) is 27.0 Å². The molecule has 0 saturated carbocycles. The predicted molar refractivity (Wildman–Crippen MR) is 113 cm³/mol. The second-order valence-electron chi connectivity index (χ2n) is 6.74. The summed E-state index contributed by atoms with van der Waals surface area (Å²) in [6.07, 6.45) is 0.260. The molecule has 3 aromatic rings. The van der Waals surface area contributed by atoms with Gasteiger partial charge in [-0.3, -0.25) is 9.59 Å². The molecule has 0 aliphatic rings. The maximum Gasteiger partial charge on any atom is 0.251 e. The molecule has 0 bridgehead atoms. The first-order valence-corrected chi connectivity index (χ1v) is 9.41. The Morgan fingerprint density at radius 2 is 1.60 bits per heavy atom. The van der Waals surface area contributed by atoms with E-state index >= 15 is 0 Å². The normalized spacial score (nSPS) is 11.2. The Morgan fingerprint density at radius 3 is 2.20 bits per heavy atom. The number of carbonyl (C=O) groups is 2. The summed E-state index contributed by atoms with van der Waals surface area (Å²) in [6, 6.07) is 24.4. The third-order valence-corrected chi connectivity index (χ3v) is 4.54. The Hall–Kier alpha value is -4.11. The maximum absolute atomic E-state index is 12.4. The minimum Gasteiger partial charge on any atom is -0.489 e. The summed E-state index contributed by atoms with van der Waals surface area (Å²) in [5.41, 5.74) is 8.19. The predicted octanol–water partition coefficient (Wildman–Crippen LogP) is 2.96. The molecule has 0 unspecified atom stereocenters. The zero-order valence-electron chi connectivity index (χ0n) is 16.2. The monoisotopic (exact) mass is 399 g/mol. The SMILES string of the molecule is N#Cc1ccc(C(=O)N[C@H](Cc2ccc(OCc3ccccc3)cc2)C(N)=O)cc1. The van der Waals surface area contributed by atoms with Crippen LogP contribution in [-0.4, -0.2) is 17.9 Å². The summed E-state index contributed by atoms with van der Waals surface area (Å²) < 4.78 is 5.76. The number of nitrogens with one attached hydrogen (secondary N) is 1. The minimum atomic E-state index is -0.857. The first-order chi connectivity index (χ1) is 14.5. The third-order valence-electron chi connectivity index (χ3n) is 4.54. The van der Waals surface area contributed by atoms with Crippen molar-refractivity contribution in [1.82, 2.24) is 5.32 Å². The van der Waals surface area contributed by atoms with Gasteiger partial charge in [-0.2, -0.15) is 5.26 Å². The first-order valence-electron chi connectivity index (χ1n) is 9.41. The topological polar surface area (TPSA) is 105 Å². The smallest absolute Gasteiger partial charge is 0.251 e. The van der Waals surface area contributed by atoms with Gasteiger partial charge in [-0.1, -0.05) is 42.5 Å². The molecule has 0 radical (unpaired) electrons. The van der Waals surface area contributed by atoms with Gasteiger partial charge in [0.2, 0.25) is 5.91 Å². The van der Waals surface area contributed by atoms with E-state index in [1.54, 1.807) is 12.1 Å². The Bertz CT molecular complexity index is 1040. The van der Waals surface area contributed by atoms with Crippen LogP contribution in [0.4, 0.5) is 0 Å². The van der Waals surface area contributed by atoms with Gasteiger partial charge in [0.1, 0.15) is 18.4 Å². The molecule has 1 atom stereocenters. The van der Waals surface area contributed by atoms with Crippen molar-refractivity contribution < 1.29 is 14.3 Å². The third kappa shape index (κ3) is 5.69. The highest BCUT2D eigenvalue weighted by molar-refractivity contribution is 5.97. The molecule has 0 aliphatic carbocycles. The van der Waals surface area contributed by atoms with Crippen LogP contribution in [0.15, 0.2) is 78.9 Å². The highest BCUT2D eigenvalue weighted by Gasteiger charge is 2.19. The molecule has 2 amide bonds. The van der Waals surface area contributed by atoms with Gasteiger partial charge in [-0.15, -0.1) is 0 Å². The van der Waals surface area contributed by atoms with Crippen molar-refractivity contribution >= 4 is 11.8 Å². The average Bonchev–Trinajstić information content (AvgIpc) is 2.78. The Labute approximate surface area is 174 Å². The minimum absolute atomic E-state index is 0.260. The van der Waals surface area contributed by atoms with E-state index in [1.165, 1.54) is 12.1 Å². The molecule has 150 valence electrons. The molecule has 3 rings (SSSR count). The molecule has 0 saturated heterocycles. The van der Waals surface area contributed by atoms with Crippen molar-refractivity contribution in [3.05, 3.63) is 101 Å². The van der Waals surface area contributed by atoms with Crippen LogP contribution in [-0.2, 0) is 17.8 Å². The fourth-order valence-corrected chi connectivity index (χ4v) is 2.86. The largest absolute Gasteiger partial charge is 0.489 e. The van der Waals surface area contributed by atoms with E-state index in [9.17, 15) is 9.59 Å². The fourth-order valence-electron chi connectivity index (χ4n) is 2.86. The molecular weight excluding hydrogens is 378 g/mol. The molecule has 6 heteroatoms. The number of hydrogen-bond donors (Lipinski definition) is 2. The summed E-state index contributed by atoms with van der Waals surface area (Å²) in [4.78, 5) is 24.2. The van der Waals surface area contributed by atoms with E-state index in [0.29, 0.717) is 23.5 Å². The summed E-state index contributed by atoms with van der Waals surface area (Å²) in [5.74, 6) is -0.340. The van der Waals surface area contributed by atoms with E-state index in [1.807, 2.05) is 60.7 Å².